The molecule has 2 rings (SSSR count). The molecule has 110 valence electrons. The van der Waals surface area contributed by atoms with Crippen molar-refractivity contribution in [3.05, 3.63) is 0 Å². The van der Waals surface area contributed by atoms with E-state index in [1.807, 2.05) is 0 Å². The molecular weight excluding hydrogens is 236 g/mol. The first-order chi connectivity index (χ1) is 8.64. The maximum absolute atomic E-state index is 12.2. The largest absolute Gasteiger partial charge is 0.368 e. The van der Waals surface area contributed by atoms with Crippen LogP contribution in [-0.4, -0.2) is 17.5 Å². The first-order valence-corrected chi connectivity index (χ1v) is 7.72. The lowest BCUT2D eigenvalue weighted by molar-refractivity contribution is -0.131. The SMILES string of the molecule is CC1(C)CC(C)(C)CC(NC2CCCC2)(C(N)=O)C1. The molecule has 0 bridgehead atoms. The average Bonchev–Trinajstić information content (AvgIpc) is 2.64. The predicted molar refractivity (Wildman–Crippen MR) is 78.7 cm³/mol. The molecule has 0 saturated heterocycles. The van der Waals surface area contributed by atoms with Gasteiger partial charge in [-0.2, -0.15) is 0 Å². The molecule has 0 unspecified atom stereocenters. The van der Waals surface area contributed by atoms with Crippen molar-refractivity contribution in [3.63, 3.8) is 0 Å². The van der Waals surface area contributed by atoms with Crippen molar-refractivity contribution in [2.75, 3.05) is 0 Å². The molecule has 0 aromatic heterocycles. The summed E-state index contributed by atoms with van der Waals surface area (Å²) in [7, 11) is 0. The molecule has 3 nitrogen and oxygen atoms in total. The second kappa shape index (κ2) is 4.76. The van der Waals surface area contributed by atoms with Gasteiger partial charge < -0.3 is 11.1 Å². The molecule has 0 radical (unpaired) electrons. The Morgan fingerprint density at radius 1 is 1.00 bits per heavy atom. The fraction of sp³-hybridized carbons (Fsp3) is 0.938. The first kappa shape index (κ1) is 14.8. The summed E-state index contributed by atoms with van der Waals surface area (Å²) in [5.41, 5.74) is 5.66. The second-order valence-electron chi connectivity index (χ2n) is 8.43. The number of hydrogen-bond acceptors (Lipinski definition) is 2. The standard InChI is InChI=1S/C16H30N2O/c1-14(2)9-15(3,4)11-16(10-14,13(17)19)18-12-7-5-6-8-12/h12,18H,5-11H2,1-4H3,(H2,17,19). The van der Waals surface area contributed by atoms with E-state index in [9.17, 15) is 4.79 Å². The van der Waals surface area contributed by atoms with Crippen LogP contribution in [0, 0.1) is 10.8 Å². The van der Waals surface area contributed by atoms with Crippen LogP contribution in [0.5, 0.6) is 0 Å². The average molecular weight is 266 g/mol. The van der Waals surface area contributed by atoms with E-state index in [-0.39, 0.29) is 16.7 Å². The van der Waals surface area contributed by atoms with Crippen LogP contribution in [0.3, 0.4) is 0 Å². The maximum atomic E-state index is 12.2. The van der Waals surface area contributed by atoms with E-state index < -0.39 is 5.54 Å². The highest BCUT2D eigenvalue weighted by Crippen LogP contribution is 2.50. The summed E-state index contributed by atoms with van der Waals surface area (Å²) in [6.45, 7) is 9.06. The fourth-order valence-corrected chi connectivity index (χ4v) is 4.93. The van der Waals surface area contributed by atoms with Gasteiger partial charge >= 0.3 is 0 Å². The third kappa shape index (κ3) is 3.31. The van der Waals surface area contributed by atoms with Gasteiger partial charge in [-0.1, -0.05) is 40.5 Å². The Morgan fingerprint density at radius 2 is 1.47 bits per heavy atom. The smallest absolute Gasteiger partial charge is 0.237 e. The van der Waals surface area contributed by atoms with E-state index in [0.717, 1.165) is 19.3 Å². The molecule has 3 heteroatoms. The van der Waals surface area contributed by atoms with Crippen molar-refractivity contribution < 1.29 is 4.79 Å². The summed E-state index contributed by atoms with van der Waals surface area (Å²) in [6.07, 6.45) is 7.83. The minimum Gasteiger partial charge on any atom is -0.368 e. The Bertz CT molecular complexity index is 338. The Hall–Kier alpha value is -0.570. The van der Waals surface area contributed by atoms with E-state index in [1.165, 1.54) is 25.7 Å². The molecule has 1 amide bonds. The van der Waals surface area contributed by atoms with Gasteiger partial charge in [0.25, 0.3) is 0 Å². The third-order valence-electron chi connectivity index (χ3n) is 4.83. The molecule has 2 saturated carbocycles. The van der Waals surface area contributed by atoms with Crippen LogP contribution in [0.1, 0.15) is 72.6 Å². The molecule has 2 aliphatic rings. The molecule has 0 aromatic carbocycles. The Balaban J connectivity index is 2.24. The number of hydrogen-bond donors (Lipinski definition) is 2. The van der Waals surface area contributed by atoms with E-state index in [2.05, 4.69) is 33.0 Å². The topological polar surface area (TPSA) is 55.1 Å². The van der Waals surface area contributed by atoms with Gasteiger partial charge in [-0.25, -0.2) is 0 Å². The third-order valence-corrected chi connectivity index (χ3v) is 4.83. The van der Waals surface area contributed by atoms with Crippen LogP contribution in [0.4, 0.5) is 0 Å². The number of carbonyl (C=O) groups is 1. The fourth-order valence-electron chi connectivity index (χ4n) is 4.93. The summed E-state index contributed by atoms with van der Waals surface area (Å²) in [6, 6.07) is 0.484. The number of primary amides is 1. The van der Waals surface area contributed by atoms with Gasteiger partial charge in [-0.05, 0) is 42.9 Å². The summed E-state index contributed by atoms with van der Waals surface area (Å²) in [4.78, 5) is 12.2. The normalized spacial score (nSPS) is 29.3. The van der Waals surface area contributed by atoms with E-state index in [1.54, 1.807) is 0 Å². The minimum absolute atomic E-state index is 0.153. The van der Waals surface area contributed by atoms with Crippen LogP contribution in [0.15, 0.2) is 0 Å². The number of carbonyl (C=O) groups excluding carboxylic acids is 1. The quantitative estimate of drug-likeness (QED) is 0.825. The van der Waals surface area contributed by atoms with E-state index >= 15 is 0 Å². The number of nitrogens with two attached hydrogens (primary N) is 1. The zero-order chi connectivity index (χ0) is 14.3. The van der Waals surface area contributed by atoms with E-state index in [4.69, 9.17) is 5.73 Å². The Morgan fingerprint density at radius 3 is 1.89 bits per heavy atom. The minimum atomic E-state index is -0.500. The van der Waals surface area contributed by atoms with Gasteiger partial charge in [-0.3, -0.25) is 4.79 Å². The van der Waals surface area contributed by atoms with Crippen LogP contribution >= 0.6 is 0 Å². The molecule has 3 N–H and O–H groups in total. The van der Waals surface area contributed by atoms with Crippen LogP contribution < -0.4 is 11.1 Å². The molecule has 0 heterocycles. The number of amides is 1. The molecule has 2 fully saturated rings. The highest BCUT2D eigenvalue weighted by molar-refractivity contribution is 5.85. The van der Waals surface area contributed by atoms with Crippen LogP contribution in [0.2, 0.25) is 0 Å². The molecule has 0 spiro atoms. The van der Waals surface area contributed by atoms with Crippen molar-refractivity contribution >= 4 is 5.91 Å². The molecule has 0 aromatic rings. The summed E-state index contributed by atoms with van der Waals surface area (Å²) >= 11 is 0. The van der Waals surface area contributed by atoms with Gasteiger partial charge in [0.15, 0.2) is 0 Å². The van der Waals surface area contributed by atoms with Gasteiger partial charge in [-0.15, -0.1) is 0 Å². The van der Waals surface area contributed by atoms with Crippen LogP contribution in [-0.2, 0) is 4.79 Å². The summed E-state index contributed by atoms with van der Waals surface area (Å²) in [5, 5.41) is 3.67. The Labute approximate surface area is 117 Å². The zero-order valence-corrected chi connectivity index (χ0v) is 13.0. The van der Waals surface area contributed by atoms with Crippen LogP contribution in [0.25, 0.3) is 0 Å². The highest BCUT2D eigenvalue weighted by Gasteiger charge is 2.51. The highest BCUT2D eigenvalue weighted by atomic mass is 16.1. The van der Waals surface area contributed by atoms with Crippen molar-refractivity contribution in [1.82, 2.24) is 5.32 Å². The monoisotopic (exact) mass is 266 g/mol. The molecule has 0 atom stereocenters. The number of rotatable bonds is 3. The van der Waals surface area contributed by atoms with Gasteiger partial charge in [0.05, 0.1) is 5.54 Å². The van der Waals surface area contributed by atoms with Gasteiger partial charge in [0.1, 0.15) is 0 Å². The van der Waals surface area contributed by atoms with Crippen molar-refractivity contribution in [2.45, 2.75) is 84.2 Å². The lowest BCUT2D eigenvalue weighted by atomic mass is 9.58. The lowest BCUT2D eigenvalue weighted by Gasteiger charge is -2.51. The van der Waals surface area contributed by atoms with E-state index in [0.29, 0.717) is 6.04 Å². The summed E-state index contributed by atoms with van der Waals surface area (Å²) < 4.78 is 0. The lowest BCUT2D eigenvalue weighted by Crippen LogP contribution is -2.64. The number of nitrogens with one attached hydrogen (secondary N) is 1. The Kier molecular flexibility index (Phi) is 3.72. The van der Waals surface area contributed by atoms with Crippen molar-refractivity contribution in [3.8, 4) is 0 Å². The zero-order valence-electron chi connectivity index (χ0n) is 13.0. The molecular formula is C16H30N2O. The predicted octanol–water partition coefficient (Wildman–Crippen LogP) is 2.98. The van der Waals surface area contributed by atoms with Gasteiger partial charge in [0, 0.05) is 6.04 Å². The maximum Gasteiger partial charge on any atom is 0.237 e. The molecule has 19 heavy (non-hydrogen) atoms. The van der Waals surface area contributed by atoms with Crippen molar-refractivity contribution in [1.29, 1.82) is 0 Å². The second-order valence-corrected chi connectivity index (χ2v) is 8.43. The van der Waals surface area contributed by atoms with Crippen molar-refractivity contribution in [2.24, 2.45) is 16.6 Å². The molecule has 2 aliphatic carbocycles. The van der Waals surface area contributed by atoms with Gasteiger partial charge in [0.2, 0.25) is 5.91 Å². The molecule has 0 aliphatic heterocycles. The summed E-state index contributed by atoms with van der Waals surface area (Å²) in [5.74, 6) is -0.153. The first-order valence-electron chi connectivity index (χ1n) is 7.72.